The fourth-order valence-corrected chi connectivity index (χ4v) is 4.36. The number of methoxy groups -OCH3 is 2. The van der Waals surface area contributed by atoms with Gasteiger partial charge in [0.2, 0.25) is 5.88 Å². The molecular formula is C17H22N6O3S. The van der Waals surface area contributed by atoms with E-state index < -0.39 is 0 Å². The molecule has 3 aromatic heterocycles. The second kappa shape index (κ2) is 7.47. The molecule has 1 aliphatic heterocycles. The van der Waals surface area contributed by atoms with Crippen molar-refractivity contribution in [2.24, 2.45) is 0 Å². The number of hydrogen-bond donors (Lipinski definition) is 1. The van der Waals surface area contributed by atoms with Crippen molar-refractivity contribution in [1.29, 1.82) is 0 Å². The van der Waals surface area contributed by atoms with Gasteiger partial charge in [-0.1, -0.05) is 5.16 Å². The highest BCUT2D eigenvalue weighted by Gasteiger charge is 2.27. The summed E-state index contributed by atoms with van der Waals surface area (Å²) in [6.45, 7) is 5.04. The molecule has 0 saturated carbocycles. The van der Waals surface area contributed by atoms with Crippen LogP contribution in [0.25, 0.3) is 21.0 Å². The van der Waals surface area contributed by atoms with Crippen molar-refractivity contribution >= 4 is 21.6 Å². The summed E-state index contributed by atoms with van der Waals surface area (Å²) in [4.78, 5) is 17.6. The molecule has 0 aromatic carbocycles. The minimum Gasteiger partial charge on any atom is -0.480 e. The van der Waals surface area contributed by atoms with Crippen molar-refractivity contribution in [1.82, 2.24) is 30.3 Å². The Kier molecular flexibility index (Phi) is 5.04. The van der Waals surface area contributed by atoms with Crippen LogP contribution in [0.2, 0.25) is 0 Å². The quantitative estimate of drug-likeness (QED) is 0.699. The lowest BCUT2D eigenvalue weighted by molar-refractivity contribution is 0.177. The molecule has 9 nitrogen and oxygen atoms in total. The summed E-state index contributed by atoms with van der Waals surface area (Å²) in [5.41, 5.74) is 0.973. The van der Waals surface area contributed by atoms with Crippen LogP contribution in [0.4, 0.5) is 0 Å². The van der Waals surface area contributed by atoms with Gasteiger partial charge >= 0.3 is 0 Å². The molecule has 1 fully saturated rings. The number of rotatable bonds is 5. The summed E-state index contributed by atoms with van der Waals surface area (Å²) < 4.78 is 16.2. The van der Waals surface area contributed by atoms with E-state index in [1.54, 1.807) is 14.2 Å². The van der Waals surface area contributed by atoms with Gasteiger partial charge in [-0.05, 0) is 19.5 Å². The zero-order chi connectivity index (χ0) is 19.0. The molecule has 0 aliphatic carbocycles. The van der Waals surface area contributed by atoms with Crippen LogP contribution in [-0.2, 0) is 11.3 Å². The molecule has 1 aliphatic rings. The molecule has 1 N–H and O–H groups in total. The molecular weight excluding hydrogens is 368 g/mol. The Morgan fingerprint density at radius 1 is 1.30 bits per heavy atom. The maximum atomic E-state index is 5.60. The van der Waals surface area contributed by atoms with Crippen LogP contribution in [0.3, 0.4) is 0 Å². The van der Waals surface area contributed by atoms with Gasteiger partial charge in [0.25, 0.3) is 5.89 Å². The average molecular weight is 390 g/mol. The molecule has 0 bridgehead atoms. The van der Waals surface area contributed by atoms with Crippen LogP contribution in [0.1, 0.15) is 23.3 Å². The van der Waals surface area contributed by atoms with E-state index in [9.17, 15) is 0 Å². The molecule has 1 unspecified atom stereocenters. The number of aromatic nitrogens is 4. The number of aryl methyl sites for hydroxylation is 1. The Bertz CT molecular complexity index is 956. The average Bonchev–Trinajstić information content (AvgIpc) is 3.27. The highest BCUT2D eigenvalue weighted by Crippen LogP contribution is 2.40. The van der Waals surface area contributed by atoms with Gasteiger partial charge in [0, 0.05) is 26.7 Å². The molecule has 3 aromatic rings. The Morgan fingerprint density at radius 2 is 2.15 bits per heavy atom. The largest absolute Gasteiger partial charge is 0.480 e. The zero-order valence-electron chi connectivity index (χ0n) is 15.8. The second-order valence-electron chi connectivity index (χ2n) is 6.48. The summed E-state index contributed by atoms with van der Waals surface area (Å²) in [5.74, 6) is 2.30. The predicted molar refractivity (Wildman–Crippen MR) is 101 cm³/mol. The van der Waals surface area contributed by atoms with Crippen molar-refractivity contribution in [3.63, 3.8) is 0 Å². The Hall–Kier alpha value is -2.14. The minimum absolute atomic E-state index is 0.105. The zero-order valence-corrected chi connectivity index (χ0v) is 16.6. The number of hydrogen-bond acceptors (Lipinski definition) is 10. The maximum absolute atomic E-state index is 5.60. The number of nitrogens with zero attached hydrogens (tertiary/aromatic N) is 5. The molecule has 0 spiro atoms. The summed E-state index contributed by atoms with van der Waals surface area (Å²) in [7, 11) is 5.29. The third kappa shape index (κ3) is 3.29. The minimum atomic E-state index is 0.105. The Balaban J connectivity index is 1.75. The van der Waals surface area contributed by atoms with E-state index in [2.05, 4.69) is 37.4 Å². The van der Waals surface area contributed by atoms with Crippen molar-refractivity contribution < 1.29 is 14.0 Å². The number of fused-ring (bicyclic) bond motifs is 1. The van der Waals surface area contributed by atoms with Crippen LogP contribution in [0.5, 0.6) is 5.88 Å². The normalized spacial score (nSPS) is 18.3. The van der Waals surface area contributed by atoms with Gasteiger partial charge in [-0.25, -0.2) is 4.98 Å². The lowest BCUT2D eigenvalue weighted by Crippen LogP contribution is -2.44. The fraction of sp³-hybridized carbons (Fsp3) is 0.529. The molecule has 0 amide bonds. The van der Waals surface area contributed by atoms with Gasteiger partial charge < -0.3 is 19.3 Å². The summed E-state index contributed by atoms with van der Waals surface area (Å²) in [6, 6.07) is 0.105. The lowest BCUT2D eigenvalue weighted by Gasteiger charge is -2.30. The van der Waals surface area contributed by atoms with Crippen LogP contribution in [0.15, 0.2) is 4.52 Å². The van der Waals surface area contributed by atoms with Gasteiger partial charge in [-0.3, -0.25) is 4.90 Å². The second-order valence-corrected chi connectivity index (χ2v) is 7.48. The van der Waals surface area contributed by atoms with Crippen molar-refractivity contribution in [2.75, 3.05) is 40.9 Å². The Morgan fingerprint density at radius 3 is 2.89 bits per heavy atom. The van der Waals surface area contributed by atoms with Crippen LogP contribution in [0, 0.1) is 6.92 Å². The molecule has 1 saturated heterocycles. The highest BCUT2D eigenvalue weighted by atomic mass is 32.1. The van der Waals surface area contributed by atoms with E-state index in [1.165, 1.54) is 11.3 Å². The van der Waals surface area contributed by atoms with E-state index in [0.29, 0.717) is 30.0 Å². The third-order valence-electron chi connectivity index (χ3n) is 4.72. The maximum Gasteiger partial charge on any atom is 0.268 e. The smallest absolute Gasteiger partial charge is 0.268 e. The van der Waals surface area contributed by atoms with Crippen LogP contribution >= 0.6 is 11.3 Å². The first-order valence-corrected chi connectivity index (χ1v) is 9.52. The number of thiophene rings is 1. The van der Waals surface area contributed by atoms with E-state index in [1.807, 2.05) is 6.92 Å². The first-order chi connectivity index (χ1) is 13.1. The van der Waals surface area contributed by atoms with Crippen LogP contribution in [-0.4, -0.2) is 65.9 Å². The number of piperazine rings is 1. The first-order valence-electron chi connectivity index (χ1n) is 8.70. The molecule has 4 rings (SSSR count). The summed E-state index contributed by atoms with van der Waals surface area (Å²) in [5, 5.41) is 8.46. The van der Waals surface area contributed by atoms with Crippen molar-refractivity contribution in [2.45, 2.75) is 19.6 Å². The van der Waals surface area contributed by atoms with E-state index in [4.69, 9.17) is 14.0 Å². The molecule has 27 heavy (non-hydrogen) atoms. The number of nitrogens with one attached hydrogen (secondary N) is 1. The molecule has 144 valence electrons. The molecule has 0 radical (unpaired) electrons. The monoisotopic (exact) mass is 390 g/mol. The standard InChI is InChI=1S/C17H22N6O3S/c1-9-12-15(25-4)19-11(8-24-3)20-17(12)27-13(9)16-21-14(22-26-16)10-7-18-5-6-23(10)2/h10,18H,5-8H2,1-4H3. The molecule has 1 atom stereocenters. The van der Waals surface area contributed by atoms with Crippen LogP contribution < -0.4 is 10.1 Å². The van der Waals surface area contributed by atoms with Crippen molar-refractivity contribution in [3.8, 4) is 16.6 Å². The highest BCUT2D eigenvalue weighted by molar-refractivity contribution is 7.22. The third-order valence-corrected chi connectivity index (χ3v) is 5.89. The lowest BCUT2D eigenvalue weighted by atomic mass is 10.2. The van der Waals surface area contributed by atoms with Gasteiger partial charge in [-0.2, -0.15) is 9.97 Å². The predicted octanol–water partition coefficient (Wildman–Crippen LogP) is 1.78. The Labute approximate surface area is 160 Å². The van der Waals surface area contributed by atoms with Gasteiger partial charge in [-0.15, -0.1) is 11.3 Å². The molecule has 4 heterocycles. The fourth-order valence-electron chi connectivity index (χ4n) is 3.25. The van der Waals surface area contributed by atoms with E-state index in [0.717, 1.165) is 40.3 Å². The number of ether oxygens (including phenoxy) is 2. The SMILES string of the molecule is COCc1nc(OC)c2c(C)c(-c3nc(C4CNCCN4C)no3)sc2n1. The topological polar surface area (TPSA) is 98.4 Å². The first kappa shape index (κ1) is 18.2. The van der Waals surface area contributed by atoms with Gasteiger partial charge in [0.05, 0.1) is 23.4 Å². The van der Waals surface area contributed by atoms with E-state index in [-0.39, 0.29) is 6.04 Å². The van der Waals surface area contributed by atoms with Gasteiger partial charge in [0.1, 0.15) is 11.4 Å². The number of likely N-dealkylation sites (N-methyl/N-ethyl adjacent to an activating group) is 1. The van der Waals surface area contributed by atoms with E-state index >= 15 is 0 Å². The summed E-state index contributed by atoms with van der Waals surface area (Å²) in [6.07, 6.45) is 0. The molecule has 10 heteroatoms. The van der Waals surface area contributed by atoms with Gasteiger partial charge in [0.15, 0.2) is 11.6 Å². The summed E-state index contributed by atoms with van der Waals surface area (Å²) >= 11 is 1.50. The van der Waals surface area contributed by atoms with Crippen molar-refractivity contribution in [3.05, 3.63) is 17.2 Å².